The highest BCUT2D eigenvalue weighted by atomic mass is 16.5. The molecular formula is C14H19N3O2. The van der Waals surface area contributed by atoms with Crippen molar-refractivity contribution >= 4 is 17.3 Å². The van der Waals surface area contributed by atoms with Crippen LogP contribution in [0.2, 0.25) is 0 Å². The zero-order chi connectivity index (χ0) is 13.1. The number of ether oxygens (including phenoxy) is 1. The molecule has 1 fully saturated rings. The molecule has 3 rings (SSSR count). The number of hydrogen-bond acceptors (Lipinski definition) is 4. The number of fused-ring (bicyclic) bond motifs is 1. The van der Waals surface area contributed by atoms with Gasteiger partial charge in [0, 0.05) is 32.8 Å². The van der Waals surface area contributed by atoms with E-state index in [2.05, 4.69) is 10.6 Å². The number of amides is 1. The first-order chi connectivity index (χ1) is 9.36. The number of rotatable bonds is 1. The molecule has 1 aromatic rings. The van der Waals surface area contributed by atoms with Crippen LogP contribution in [0.1, 0.15) is 16.8 Å². The predicted molar refractivity (Wildman–Crippen MR) is 74.8 cm³/mol. The molecule has 2 heterocycles. The van der Waals surface area contributed by atoms with Gasteiger partial charge >= 0.3 is 0 Å². The Bertz CT molecular complexity index is 468. The molecular weight excluding hydrogens is 242 g/mol. The molecule has 0 saturated carbocycles. The first-order valence-electron chi connectivity index (χ1n) is 6.84. The summed E-state index contributed by atoms with van der Waals surface area (Å²) in [6.45, 7) is 4.57. The fraction of sp³-hybridized carbons (Fsp3) is 0.500. The molecule has 0 bridgehead atoms. The van der Waals surface area contributed by atoms with E-state index in [0.29, 0.717) is 13.2 Å². The minimum absolute atomic E-state index is 0.0959. The molecule has 5 nitrogen and oxygen atoms in total. The van der Waals surface area contributed by atoms with E-state index in [4.69, 9.17) is 4.74 Å². The monoisotopic (exact) mass is 261 g/mol. The van der Waals surface area contributed by atoms with Gasteiger partial charge in [0.25, 0.3) is 5.91 Å². The molecule has 0 spiro atoms. The third-order valence-corrected chi connectivity index (χ3v) is 3.55. The molecule has 19 heavy (non-hydrogen) atoms. The van der Waals surface area contributed by atoms with Crippen LogP contribution in [0.25, 0.3) is 0 Å². The molecule has 0 aromatic heterocycles. The van der Waals surface area contributed by atoms with Gasteiger partial charge in [-0.05, 0) is 18.6 Å². The number of para-hydroxylation sites is 1. The lowest BCUT2D eigenvalue weighted by molar-refractivity contribution is 0.0742. The number of anilines is 2. The summed E-state index contributed by atoms with van der Waals surface area (Å²) in [6, 6.07) is 5.83. The van der Waals surface area contributed by atoms with Gasteiger partial charge in [0.1, 0.15) is 0 Å². The van der Waals surface area contributed by atoms with Crippen molar-refractivity contribution in [1.29, 1.82) is 0 Å². The Morgan fingerprint density at radius 1 is 1.16 bits per heavy atom. The highest BCUT2D eigenvalue weighted by Crippen LogP contribution is 2.29. The summed E-state index contributed by atoms with van der Waals surface area (Å²) in [7, 11) is 0. The molecule has 2 aliphatic heterocycles. The maximum atomic E-state index is 12.6. The molecule has 2 aliphatic rings. The number of nitrogens with zero attached hydrogens (tertiary/aromatic N) is 1. The van der Waals surface area contributed by atoms with Gasteiger partial charge in [-0.3, -0.25) is 4.79 Å². The van der Waals surface area contributed by atoms with Crippen LogP contribution in [-0.4, -0.2) is 50.2 Å². The van der Waals surface area contributed by atoms with Crippen LogP contribution in [0.4, 0.5) is 11.4 Å². The lowest BCUT2D eigenvalue weighted by Crippen LogP contribution is -2.34. The van der Waals surface area contributed by atoms with Crippen LogP contribution in [0.15, 0.2) is 18.2 Å². The van der Waals surface area contributed by atoms with Crippen LogP contribution < -0.4 is 10.6 Å². The highest BCUT2D eigenvalue weighted by molar-refractivity contribution is 6.02. The van der Waals surface area contributed by atoms with Crippen LogP contribution in [0.5, 0.6) is 0 Å². The second kappa shape index (κ2) is 5.48. The van der Waals surface area contributed by atoms with Crippen molar-refractivity contribution in [2.45, 2.75) is 6.42 Å². The van der Waals surface area contributed by atoms with Gasteiger partial charge in [-0.25, -0.2) is 0 Å². The van der Waals surface area contributed by atoms with E-state index in [9.17, 15) is 4.79 Å². The minimum Gasteiger partial charge on any atom is -0.382 e. The van der Waals surface area contributed by atoms with Gasteiger partial charge in [-0.1, -0.05) is 6.07 Å². The molecule has 1 aromatic carbocycles. The van der Waals surface area contributed by atoms with Gasteiger partial charge in [0.05, 0.1) is 23.5 Å². The van der Waals surface area contributed by atoms with E-state index in [1.807, 2.05) is 23.1 Å². The minimum atomic E-state index is 0.0959. The molecule has 102 valence electrons. The molecule has 0 atom stereocenters. The number of hydrogen-bond donors (Lipinski definition) is 2. The van der Waals surface area contributed by atoms with Crippen molar-refractivity contribution < 1.29 is 9.53 Å². The summed E-state index contributed by atoms with van der Waals surface area (Å²) in [5.41, 5.74) is 2.71. The van der Waals surface area contributed by atoms with E-state index in [1.165, 1.54) is 0 Å². The number of benzene rings is 1. The SMILES string of the molecule is O=C(c1cccc2c1NCCN2)N1CCCOCC1. The Morgan fingerprint density at radius 2 is 2.05 bits per heavy atom. The fourth-order valence-corrected chi connectivity index (χ4v) is 2.57. The average Bonchev–Trinajstić information content (AvgIpc) is 2.75. The molecule has 1 amide bonds. The van der Waals surface area contributed by atoms with Crippen LogP contribution >= 0.6 is 0 Å². The Morgan fingerprint density at radius 3 is 3.00 bits per heavy atom. The van der Waals surface area contributed by atoms with Crippen molar-refractivity contribution in [3.8, 4) is 0 Å². The summed E-state index contributed by atoms with van der Waals surface area (Å²) in [6.07, 6.45) is 0.909. The predicted octanol–water partition coefficient (Wildman–Crippen LogP) is 1.39. The molecule has 1 saturated heterocycles. The van der Waals surface area contributed by atoms with Gasteiger partial charge in [0.2, 0.25) is 0 Å². The Kier molecular flexibility index (Phi) is 3.55. The number of nitrogens with one attached hydrogen (secondary N) is 2. The first-order valence-corrected chi connectivity index (χ1v) is 6.84. The van der Waals surface area contributed by atoms with E-state index in [0.717, 1.165) is 49.6 Å². The Labute approximate surface area is 112 Å². The van der Waals surface area contributed by atoms with Gasteiger partial charge in [-0.2, -0.15) is 0 Å². The maximum Gasteiger partial charge on any atom is 0.256 e. The maximum absolute atomic E-state index is 12.6. The van der Waals surface area contributed by atoms with Crippen molar-refractivity contribution in [3.05, 3.63) is 23.8 Å². The van der Waals surface area contributed by atoms with E-state index < -0.39 is 0 Å². The summed E-state index contributed by atoms with van der Waals surface area (Å²) in [5.74, 6) is 0.0959. The van der Waals surface area contributed by atoms with Crippen LogP contribution in [-0.2, 0) is 4.74 Å². The van der Waals surface area contributed by atoms with Crippen LogP contribution in [0.3, 0.4) is 0 Å². The molecule has 5 heteroatoms. The van der Waals surface area contributed by atoms with Crippen molar-refractivity contribution in [2.24, 2.45) is 0 Å². The largest absolute Gasteiger partial charge is 0.382 e. The highest BCUT2D eigenvalue weighted by Gasteiger charge is 2.22. The third kappa shape index (κ3) is 2.51. The standard InChI is InChI=1S/C14H19N3O2/c18-14(17-7-2-9-19-10-8-17)11-3-1-4-12-13(11)16-6-5-15-12/h1,3-4,15-16H,2,5-10H2. The summed E-state index contributed by atoms with van der Waals surface area (Å²) in [5, 5.41) is 6.64. The molecule has 0 unspecified atom stereocenters. The molecule has 0 radical (unpaired) electrons. The normalized spacial score (nSPS) is 18.8. The number of carbonyl (C=O) groups excluding carboxylic acids is 1. The zero-order valence-electron chi connectivity index (χ0n) is 10.9. The van der Waals surface area contributed by atoms with Crippen molar-refractivity contribution in [1.82, 2.24) is 4.90 Å². The summed E-state index contributed by atoms with van der Waals surface area (Å²) in [4.78, 5) is 14.5. The van der Waals surface area contributed by atoms with E-state index >= 15 is 0 Å². The van der Waals surface area contributed by atoms with Crippen LogP contribution in [0, 0.1) is 0 Å². The smallest absolute Gasteiger partial charge is 0.256 e. The Balaban J connectivity index is 1.86. The van der Waals surface area contributed by atoms with Crippen molar-refractivity contribution in [3.63, 3.8) is 0 Å². The fourth-order valence-electron chi connectivity index (χ4n) is 2.57. The van der Waals surface area contributed by atoms with Crippen molar-refractivity contribution in [2.75, 3.05) is 50.0 Å². The first kappa shape index (κ1) is 12.3. The number of carbonyl (C=O) groups is 1. The van der Waals surface area contributed by atoms with E-state index in [1.54, 1.807) is 0 Å². The van der Waals surface area contributed by atoms with Gasteiger partial charge < -0.3 is 20.3 Å². The average molecular weight is 261 g/mol. The lowest BCUT2D eigenvalue weighted by atomic mass is 10.1. The van der Waals surface area contributed by atoms with E-state index in [-0.39, 0.29) is 5.91 Å². The zero-order valence-corrected chi connectivity index (χ0v) is 10.9. The van der Waals surface area contributed by atoms with Gasteiger partial charge in [0.15, 0.2) is 0 Å². The summed E-state index contributed by atoms with van der Waals surface area (Å²) < 4.78 is 5.40. The van der Waals surface area contributed by atoms with Gasteiger partial charge in [-0.15, -0.1) is 0 Å². The quantitative estimate of drug-likeness (QED) is 0.802. The topological polar surface area (TPSA) is 53.6 Å². The third-order valence-electron chi connectivity index (χ3n) is 3.55. The Hall–Kier alpha value is -1.75. The lowest BCUT2D eigenvalue weighted by Gasteiger charge is -2.25. The summed E-state index contributed by atoms with van der Waals surface area (Å²) >= 11 is 0. The second-order valence-electron chi connectivity index (χ2n) is 4.84. The molecule has 2 N–H and O–H groups in total. The molecule has 0 aliphatic carbocycles. The second-order valence-corrected chi connectivity index (χ2v) is 4.84.